The molecule has 0 bridgehead atoms. The van der Waals surface area contributed by atoms with E-state index in [1.807, 2.05) is 0 Å². The second-order valence-corrected chi connectivity index (χ2v) is 4.10. The van der Waals surface area contributed by atoms with Crippen LogP contribution in [0, 0.1) is 0 Å². The van der Waals surface area contributed by atoms with E-state index in [0.29, 0.717) is 10.7 Å². The second kappa shape index (κ2) is 6.26. The number of alkyl halides is 3. The van der Waals surface area contributed by atoms with Crippen molar-refractivity contribution in [3.8, 4) is 0 Å². The third-order valence-corrected chi connectivity index (χ3v) is 2.44. The van der Waals surface area contributed by atoms with Crippen molar-refractivity contribution in [3.05, 3.63) is 28.2 Å². The van der Waals surface area contributed by atoms with E-state index < -0.39 is 25.3 Å². The molecule has 18 heavy (non-hydrogen) atoms. The largest absolute Gasteiger partial charge is 0.411 e. The zero-order valence-corrected chi connectivity index (χ0v) is 10.4. The van der Waals surface area contributed by atoms with Crippen LogP contribution in [0.15, 0.2) is 18.2 Å². The minimum Gasteiger partial charge on any atom is -0.362 e. The molecule has 1 N–H and O–H groups in total. The summed E-state index contributed by atoms with van der Waals surface area (Å²) < 4.78 is 39.4. The van der Waals surface area contributed by atoms with Crippen LogP contribution in [0.1, 0.15) is 0 Å². The van der Waals surface area contributed by atoms with E-state index in [2.05, 4.69) is 10.1 Å². The molecule has 8 heteroatoms. The molecule has 0 saturated carbocycles. The van der Waals surface area contributed by atoms with E-state index in [1.54, 1.807) is 0 Å². The van der Waals surface area contributed by atoms with Gasteiger partial charge in [0.1, 0.15) is 13.2 Å². The van der Waals surface area contributed by atoms with Crippen molar-refractivity contribution in [2.24, 2.45) is 0 Å². The molecule has 0 spiro atoms. The molecule has 1 amide bonds. The Morgan fingerprint density at radius 3 is 2.50 bits per heavy atom. The number of carbonyl (C=O) groups is 1. The van der Waals surface area contributed by atoms with Crippen molar-refractivity contribution in [3.63, 3.8) is 0 Å². The zero-order chi connectivity index (χ0) is 13.8. The topological polar surface area (TPSA) is 38.3 Å². The average Bonchev–Trinajstić information content (AvgIpc) is 2.21. The van der Waals surface area contributed by atoms with E-state index in [1.165, 1.54) is 18.2 Å². The van der Waals surface area contributed by atoms with E-state index >= 15 is 0 Å². The lowest BCUT2D eigenvalue weighted by atomic mass is 10.3. The number of carbonyl (C=O) groups excluding carboxylic acids is 1. The minimum absolute atomic E-state index is 0.227. The number of benzene rings is 1. The molecule has 0 saturated heterocycles. The quantitative estimate of drug-likeness (QED) is 0.924. The van der Waals surface area contributed by atoms with Gasteiger partial charge < -0.3 is 10.1 Å². The molecule has 0 aliphatic carbocycles. The predicted octanol–water partition coefficient (Wildman–Crippen LogP) is 3.51. The molecule has 0 aliphatic heterocycles. The van der Waals surface area contributed by atoms with Gasteiger partial charge in [0.2, 0.25) is 5.91 Å². The van der Waals surface area contributed by atoms with Gasteiger partial charge in [0.15, 0.2) is 0 Å². The summed E-state index contributed by atoms with van der Waals surface area (Å²) in [6.07, 6.45) is -4.45. The van der Waals surface area contributed by atoms with Crippen molar-refractivity contribution in [2.75, 3.05) is 18.5 Å². The fraction of sp³-hybridized carbons (Fsp3) is 0.300. The summed E-state index contributed by atoms with van der Waals surface area (Å²) in [5, 5.41) is 2.86. The van der Waals surface area contributed by atoms with Crippen LogP contribution in [0.25, 0.3) is 0 Å². The zero-order valence-electron chi connectivity index (χ0n) is 8.85. The third-order valence-electron chi connectivity index (χ3n) is 1.70. The summed E-state index contributed by atoms with van der Waals surface area (Å²) in [6.45, 7) is -2.17. The SMILES string of the molecule is O=C(COCC(F)(F)F)Nc1ccc(Cl)c(Cl)c1. The minimum atomic E-state index is -4.45. The van der Waals surface area contributed by atoms with Gasteiger partial charge >= 0.3 is 6.18 Å². The number of amides is 1. The van der Waals surface area contributed by atoms with Crippen LogP contribution in [0.5, 0.6) is 0 Å². The molecule has 0 radical (unpaired) electrons. The Kier molecular flexibility index (Phi) is 5.25. The summed E-state index contributed by atoms with van der Waals surface area (Å²) >= 11 is 11.4. The maximum atomic E-state index is 11.7. The van der Waals surface area contributed by atoms with Gasteiger partial charge in [-0.2, -0.15) is 13.2 Å². The molecular weight excluding hydrogens is 294 g/mol. The van der Waals surface area contributed by atoms with Crippen LogP contribution >= 0.6 is 23.2 Å². The fourth-order valence-corrected chi connectivity index (χ4v) is 1.33. The summed E-state index contributed by atoms with van der Waals surface area (Å²) in [4.78, 5) is 11.2. The predicted molar refractivity (Wildman–Crippen MR) is 62.0 cm³/mol. The van der Waals surface area contributed by atoms with Crippen LogP contribution in [0.4, 0.5) is 18.9 Å². The lowest BCUT2D eigenvalue weighted by Crippen LogP contribution is -2.23. The smallest absolute Gasteiger partial charge is 0.362 e. The normalized spacial score (nSPS) is 11.4. The van der Waals surface area contributed by atoms with E-state index in [4.69, 9.17) is 23.2 Å². The molecule has 100 valence electrons. The van der Waals surface area contributed by atoms with Crippen LogP contribution in [-0.4, -0.2) is 25.3 Å². The van der Waals surface area contributed by atoms with Gasteiger partial charge in [0, 0.05) is 5.69 Å². The number of ether oxygens (including phenoxy) is 1. The van der Waals surface area contributed by atoms with E-state index in [0.717, 1.165) is 0 Å². The Morgan fingerprint density at radius 2 is 1.94 bits per heavy atom. The van der Waals surface area contributed by atoms with Gasteiger partial charge in [-0.1, -0.05) is 23.2 Å². The highest BCUT2D eigenvalue weighted by Crippen LogP contribution is 2.24. The standard InChI is InChI=1S/C10H8Cl2F3NO2/c11-7-2-1-6(3-8(7)12)16-9(17)4-18-5-10(13,14)15/h1-3H,4-5H2,(H,16,17). The molecule has 1 rings (SSSR count). The number of anilines is 1. The lowest BCUT2D eigenvalue weighted by molar-refractivity contribution is -0.174. The molecule has 0 fully saturated rings. The van der Waals surface area contributed by atoms with Gasteiger partial charge in [-0.3, -0.25) is 4.79 Å². The van der Waals surface area contributed by atoms with Crippen molar-refractivity contribution in [1.82, 2.24) is 0 Å². The first-order chi connectivity index (χ1) is 8.28. The van der Waals surface area contributed by atoms with Crippen LogP contribution in [0.2, 0.25) is 10.0 Å². The highest BCUT2D eigenvalue weighted by molar-refractivity contribution is 6.42. The highest BCUT2D eigenvalue weighted by atomic mass is 35.5. The highest BCUT2D eigenvalue weighted by Gasteiger charge is 2.27. The van der Waals surface area contributed by atoms with Crippen LogP contribution in [-0.2, 0) is 9.53 Å². The van der Waals surface area contributed by atoms with Crippen molar-refractivity contribution in [2.45, 2.75) is 6.18 Å². The van der Waals surface area contributed by atoms with Crippen molar-refractivity contribution < 1.29 is 22.7 Å². The maximum absolute atomic E-state index is 11.7. The third kappa shape index (κ3) is 5.57. The van der Waals surface area contributed by atoms with Crippen molar-refractivity contribution in [1.29, 1.82) is 0 Å². The first kappa shape index (κ1) is 15.1. The Morgan fingerprint density at radius 1 is 1.28 bits per heavy atom. The van der Waals surface area contributed by atoms with Crippen molar-refractivity contribution >= 4 is 34.8 Å². The Balaban J connectivity index is 2.42. The van der Waals surface area contributed by atoms with Gasteiger partial charge in [-0.15, -0.1) is 0 Å². The second-order valence-electron chi connectivity index (χ2n) is 3.29. The molecular formula is C10H8Cl2F3NO2. The molecule has 0 atom stereocenters. The Hall–Kier alpha value is -0.980. The lowest BCUT2D eigenvalue weighted by Gasteiger charge is -2.08. The molecule has 0 aliphatic rings. The van der Waals surface area contributed by atoms with Gasteiger partial charge in [-0.05, 0) is 18.2 Å². The molecule has 0 heterocycles. The summed E-state index contributed by atoms with van der Waals surface area (Å²) in [5.74, 6) is -0.711. The molecule has 0 aromatic heterocycles. The first-order valence-electron chi connectivity index (χ1n) is 4.67. The number of hydrogen-bond donors (Lipinski definition) is 1. The van der Waals surface area contributed by atoms with E-state index in [-0.39, 0.29) is 5.02 Å². The monoisotopic (exact) mass is 301 g/mol. The molecule has 3 nitrogen and oxygen atoms in total. The molecule has 1 aromatic rings. The molecule has 0 unspecified atom stereocenters. The summed E-state index contributed by atoms with van der Waals surface area (Å²) in [7, 11) is 0. The molecule has 1 aromatic carbocycles. The summed E-state index contributed by atoms with van der Waals surface area (Å²) in [5.41, 5.74) is 0.324. The first-order valence-corrected chi connectivity index (χ1v) is 5.43. The van der Waals surface area contributed by atoms with Crippen LogP contribution < -0.4 is 5.32 Å². The Bertz CT molecular complexity index is 438. The number of nitrogens with one attached hydrogen (secondary N) is 1. The van der Waals surface area contributed by atoms with Gasteiger partial charge in [0.05, 0.1) is 10.0 Å². The maximum Gasteiger partial charge on any atom is 0.411 e. The van der Waals surface area contributed by atoms with Gasteiger partial charge in [0.25, 0.3) is 0 Å². The number of rotatable bonds is 4. The van der Waals surface area contributed by atoms with Gasteiger partial charge in [-0.25, -0.2) is 0 Å². The number of halogens is 5. The summed E-state index contributed by atoms with van der Waals surface area (Å²) in [6, 6.07) is 4.30. The van der Waals surface area contributed by atoms with Crippen LogP contribution in [0.3, 0.4) is 0 Å². The van der Waals surface area contributed by atoms with E-state index in [9.17, 15) is 18.0 Å². The number of hydrogen-bond acceptors (Lipinski definition) is 2. The average molecular weight is 302 g/mol. The Labute approximate surface area is 111 Å². The fourth-order valence-electron chi connectivity index (χ4n) is 1.03.